The van der Waals surface area contributed by atoms with Crippen molar-refractivity contribution in [2.75, 3.05) is 13.2 Å². The third-order valence-corrected chi connectivity index (χ3v) is 4.97. The summed E-state index contributed by atoms with van der Waals surface area (Å²) in [6.07, 6.45) is 0. The molecule has 3 nitrogen and oxygen atoms in total. The molecule has 0 atom stereocenters. The van der Waals surface area contributed by atoms with E-state index in [4.69, 9.17) is 25.8 Å². The summed E-state index contributed by atoms with van der Waals surface area (Å²) < 4.78 is 17.8. The predicted molar refractivity (Wildman–Crippen MR) is 121 cm³/mol. The Balaban J connectivity index is 1.38. The van der Waals surface area contributed by atoms with Gasteiger partial charge in [-0.2, -0.15) is 0 Å². The summed E-state index contributed by atoms with van der Waals surface area (Å²) in [6.45, 7) is 1.93. The second-order valence-corrected chi connectivity index (χ2v) is 7.38. The number of benzene rings is 4. The van der Waals surface area contributed by atoms with Gasteiger partial charge in [-0.25, -0.2) is 0 Å². The molecule has 4 aromatic rings. The largest absolute Gasteiger partial charge is 0.487 e. The molecule has 0 radical (unpaired) electrons. The lowest BCUT2D eigenvalue weighted by Crippen LogP contribution is -2.08. The summed E-state index contributed by atoms with van der Waals surface area (Å²) in [5.74, 6) is 1.45. The van der Waals surface area contributed by atoms with E-state index in [1.165, 1.54) is 0 Å². The van der Waals surface area contributed by atoms with Gasteiger partial charge in [0, 0.05) is 5.02 Å². The summed E-state index contributed by atoms with van der Waals surface area (Å²) in [7, 11) is 0. The molecule has 0 bridgehead atoms. The van der Waals surface area contributed by atoms with Gasteiger partial charge in [0.15, 0.2) is 11.5 Å². The van der Waals surface area contributed by atoms with Crippen molar-refractivity contribution in [1.29, 1.82) is 0 Å². The molecule has 0 unspecified atom stereocenters. The maximum atomic E-state index is 6.09. The van der Waals surface area contributed by atoms with Crippen LogP contribution in [0.1, 0.15) is 11.1 Å². The van der Waals surface area contributed by atoms with Crippen molar-refractivity contribution in [1.82, 2.24) is 0 Å². The zero-order valence-corrected chi connectivity index (χ0v) is 17.3. The van der Waals surface area contributed by atoms with Crippen molar-refractivity contribution < 1.29 is 14.2 Å². The molecular weight excluding hydrogens is 396 g/mol. The summed E-state index contributed by atoms with van der Waals surface area (Å²) in [5, 5.41) is 2.95. The second kappa shape index (κ2) is 10.1. The maximum absolute atomic E-state index is 6.09. The first-order chi connectivity index (χ1) is 14.8. The number of halogens is 1. The zero-order chi connectivity index (χ0) is 20.6. The molecule has 4 heteroatoms. The van der Waals surface area contributed by atoms with Crippen LogP contribution < -0.4 is 9.47 Å². The molecule has 0 aliphatic carbocycles. The Bertz CT molecular complexity index is 1080. The van der Waals surface area contributed by atoms with Crippen molar-refractivity contribution in [2.45, 2.75) is 13.2 Å². The molecule has 30 heavy (non-hydrogen) atoms. The Morgan fingerprint density at radius 1 is 0.567 bits per heavy atom. The monoisotopic (exact) mass is 418 g/mol. The number of fused-ring (bicyclic) bond motifs is 1. The van der Waals surface area contributed by atoms with Gasteiger partial charge in [-0.3, -0.25) is 0 Å². The minimum absolute atomic E-state index is 0.438. The van der Waals surface area contributed by atoms with Crippen LogP contribution in [0, 0.1) is 0 Å². The molecule has 0 aliphatic heterocycles. The van der Waals surface area contributed by atoms with E-state index < -0.39 is 0 Å². The Hall–Kier alpha value is -3.01. The van der Waals surface area contributed by atoms with Crippen LogP contribution in [-0.4, -0.2) is 13.2 Å². The fourth-order valence-electron chi connectivity index (χ4n) is 3.14. The fourth-order valence-corrected chi connectivity index (χ4v) is 3.27. The molecule has 0 spiro atoms. The van der Waals surface area contributed by atoms with E-state index >= 15 is 0 Å². The van der Waals surface area contributed by atoms with Crippen LogP contribution in [0.3, 0.4) is 0 Å². The molecule has 0 saturated carbocycles. The number of ether oxygens (including phenoxy) is 3. The molecule has 0 N–H and O–H groups in total. The zero-order valence-electron chi connectivity index (χ0n) is 16.6. The average molecular weight is 419 g/mol. The SMILES string of the molecule is Clc1ccc(COCCOc2cc3ccccc3cc2OCc2ccccc2)cc1. The van der Waals surface area contributed by atoms with E-state index in [0.29, 0.717) is 26.4 Å². The van der Waals surface area contributed by atoms with Gasteiger partial charge in [-0.15, -0.1) is 0 Å². The third kappa shape index (κ3) is 5.53. The van der Waals surface area contributed by atoms with E-state index in [-0.39, 0.29) is 0 Å². The van der Waals surface area contributed by atoms with Crippen LogP contribution in [-0.2, 0) is 18.0 Å². The van der Waals surface area contributed by atoms with Gasteiger partial charge >= 0.3 is 0 Å². The highest BCUT2D eigenvalue weighted by molar-refractivity contribution is 6.30. The first-order valence-corrected chi connectivity index (χ1v) is 10.3. The lowest BCUT2D eigenvalue weighted by Gasteiger charge is -2.14. The van der Waals surface area contributed by atoms with E-state index in [1.54, 1.807) is 0 Å². The minimum atomic E-state index is 0.438. The van der Waals surface area contributed by atoms with Crippen LogP contribution in [0.25, 0.3) is 10.8 Å². The van der Waals surface area contributed by atoms with Gasteiger partial charge in [0.2, 0.25) is 0 Å². The van der Waals surface area contributed by atoms with E-state index in [0.717, 1.165) is 38.4 Å². The van der Waals surface area contributed by atoms with Crippen LogP contribution in [0.4, 0.5) is 0 Å². The van der Waals surface area contributed by atoms with E-state index in [1.807, 2.05) is 78.9 Å². The normalized spacial score (nSPS) is 10.8. The highest BCUT2D eigenvalue weighted by Gasteiger charge is 2.09. The molecule has 4 aromatic carbocycles. The van der Waals surface area contributed by atoms with Gasteiger partial charge in [0.25, 0.3) is 0 Å². The fraction of sp³-hybridized carbons (Fsp3) is 0.154. The number of rotatable bonds is 9. The van der Waals surface area contributed by atoms with Gasteiger partial charge in [-0.1, -0.05) is 78.3 Å². The summed E-state index contributed by atoms with van der Waals surface area (Å²) in [5.41, 5.74) is 2.19. The first-order valence-electron chi connectivity index (χ1n) is 9.92. The summed E-state index contributed by atoms with van der Waals surface area (Å²) >= 11 is 5.91. The summed E-state index contributed by atoms with van der Waals surface area (Å²) in [4.78, 5) is 0. The number of hydrogen-bond donors (Lipinski definition) is 0. The minimum Gasteiger partial charge on any atom is -0.487 e. The second-order valence-electron chi connectivity index (χ2n) is 6.95. The van der Waals surface area contributed by atoms with Crippen LogP contribution >= 0.6 is 11.6 Å². The van der Waals surface area contributed by atoms with Gasteiger partial charge in [-0.05, 0) is 46.2 Å². The molecule has 0 aromatic heterocycles. The average Bonchev–Trinajstić information content (AvgIpc) is 2.79. The Morgan fingerprint density at radius 2 is 1.17 bits per heavy atom. The van der Waals surface area contributed by atoms with E-state index in [9.17, 15) is 0 Å². The maximum Gasteiger partial charge on any atom is 0.162 e. The van der Waals surface area contributed by atoms with Crippen molar-refractivity contribution in [3.05, 3.63) is 107 Å². The van der Waals surface area contributed by atoms with Crippen molar-refractivity contribution in [2.24, 2.45) is 0 Å². The highest BCUT2D eigenvalue weighted by Crippen LogP contribution is 2.33. The van der Waals surface area contributed by atoms with Crippen LogP contribution in [0.15, 0.2) is 91.0 Å². The Kier molecular flexibility index (Phi) is 6.86. The molecule has 152 valence electrons. The smallest absolute Gasteiger partial charge is 0.162 e. The van der Waals surface area contributed by atoms with Crippen LogP contribution in [0.2, 0.25) is 5.02 Å². The first kappa shape index (κ1) is 20.3. The highest BCUT2D eigenvalue weighted by atomic mass is 35.5. The Labute approximate surface area is 181 Å². The molecule has 0 fully saturated rings. The number of hydrogen-bond acceptors (Lipinski definition) is 3. The molecule has 0 amide bonds. The molecule has 0 aliphatic rings. The molecule has 0 heterocycles. The molecule has 4 rings (SSSR count). The van der Waals surface area contributed by atoms with Crippen molar-refractivity contribution in [3.63, 3.8) is 0 Å². The topological polar surface area (TPSA) is 27.7 Å². The van der Waals surface area contributed by atoms with Crippen molar-refractivity contribution >= 4 is 22.4 Å². The molecular formula is C26H23ClO3. The molecule has 0 saturated heterocycles. The predicted octanol–water partition coefficient (Wildman–Crippen LogP) is 6.67. The Morgan fingerprint density at radius 3 is 1.87 bits per heavy atom. The lowest BCUT2D eigenvalue weighted by atomic mass is 10.1. The van der Waals surface area contributed by atoms with Gasteiger partial charge < -0.3 is 14.2 Å². The standard InChI is InChI=1S/C26H23ClO3/c27-24-12-10-21(11-13-24)18-28-14-15-29-25-16-22-8-4-5-9-23(22)17-26(25)30-19-20-6-2-1-3-7-20/h1-13,16-17H,14-15,18-19H2. The third-order valence-electron chi connectivity index (χ3n) is 4.72. The lowest BCUT2D eigenvalue weighted by molar-refractivity contribution is 0.0876. The summed E-state index contributed by atoms with van der Waals surface area (Å²) in [6, 6.07) is 30.0. The van der Waals surface area contributed by atoms with Gasteiger partial charge in [0.1, 0.15) is 13.2 Å². The van der Waals surface area contributed by atoms with E-state index in [2.05, 4.69) is 12.1 Å². The van der Waals surface area contributed by atoms with Crippen LogP contribution in [0.5, 0.6) is 11.5 Å². The van der Waals surface area contributed by atoms with Gasteiger partial charge in [0.05, 0.1) is 13.2 Å². The quantitative estimate of drug-likeness (QED) is 0.284. The van der Waals surface area contributed by atoms with Crippen molar-refractivity contribution in [3.8, 4) is 11.5 Å².